The van der Waals surface area contributed by atoms with Gasteiger partial charge in [0, 0.05) is 94.9 Å². The van der Waals surface area contributed by atoms with Crippen molar-refractivity contribution in [2.24, 2.45) is 0 Å². The molecule has 0 bridgehead atoms. The number of hydrogen-bond acceptors (Lipinski definition) is 10. The van der Waals surface area contributed by atoms with Gasteiger partial charge in [-0.25, -0.2) is 9.97 Å². The van der Waals surface area contributed by atoms with Gasteiger partial charge in [-0.3, -0.25) is 29.4 Å². The van der Waals surface area contributed by atoms with Crippen LogP contribution in [0.2, 0.25) is 0 Å². The van der Waals surface area contributed by atoms with Crippen molar-refractivity contribution in [1.82, 2.24) is 39.5 Å². The predicted octanol–water partition coefficient (Wildman–Crippen LogP) is 3.47. The zero-order valence-electron chi connectivity index (χ0n) is 29.0. The number of benzene rings is 1. The SMILES string of the molecule is CN(C)C(=O)c1cc2cnc(Nc3ccc(CN4CCN(c5ccc6c(c5)C(=O)N([C@H]5CCC(=O)NC5=O)C6)CC4)cn3)nc2n1C1CCCC1. The average Bonchev–Trinajstić information content (AvgIpc) is 3.87. The molecule has 14 heteroatoms. The number of nitrogens with one attached hydrogen (secondary N) is 2. The third-order valence-corrected chi connectivity index (χ3v) is 10.6. The van der Waals surface area contributed by atoms with E-state index in [1.54, 1.807) is 30.1 Å². The van der Waals surface area contributed by atoms with Gasteiger partial charge < -0.3 is 24.6 Å². The number of piperidine rings is 1. The zero-order valence-corrected chi connectivity index (χ0v) is 29.0. The van der Waals surface area contributed by atoms with E-state index < -0.39 is 11.9 Å². The van der Waals surface area contributed by atoms with Crippen LogP contribution in [0.25, 0.3) is 11.0 Å². The van der Waals surface area contributed by atoms with Crippen LogP contribution >= 0.6 is 0 Å². The van der Waals surface area contributed by atoms with Crippen LogP contribution in [0.5, 0.6) is 0 Å². The van der Waals surface area contributed by atoms with Crippen LogP contribution in [-0.4, -0.2) is 104 Å². The molecule has 6 heterocycles. The van der Waals surface area contributed by atoms with Crippen LogP contribution in [0.15, 0.2) is 48.8 Å². The molecule has 0 spiro atoms. The summed E-state index contributed by atoms with van der Waals surface area (Å²) in [7, 11) is 3.54. The molecule has 264 valence electrons. The molecule has 1 saturated carbocycles. The lowest BCUT2D eigenvalue weighted by Crippen LogP contribution is -2.52. The summed E-state index contributed by atoms with van der Waals surface area (Å²) >= 11 is 0. The molecular formula is C37H42N10O4. The van der Waals surface area contributed by atoms with Crippen molar-refractivity contribution in [2.45, 2.75) is 63.7 Å². The van der Waals surface area contributed by atoms with E-state index in [1.165, 1.54) is 0 Å². The van der Waals surface area contributed by atoms with Crippen LogP contribution in [0, 0.1) is 0 Å². The molecule has 0 unspecified atom stereocenters. The predicted molar refractivity (Wildman–Crippen MR) is 191 cm³/mol. The van der Waals surface area contributed by atoms with Crippen molar-refractivity contribution >= 4 is 52.1 Å². The Hall–Kier alpha value is -5.37. The maximum atomic E-state index is 13.3. The van der Waals surface area contributed by atoms with E-state index in [-0.39, 0.29) is 30.2 Å². The summed E-state index contributed by atoms with van der Waals surface area (Å²) in [6, 6.07) is 11.5. The number of hydrogen-bond donors (Lipinski definition) is 2. The number of rotatable bonds is 8. The van der Waals surface area contributed by atoms with E-state index in [4.69, 9.17) is 4.98 Å². The zero-order chi connectivity index (χ0) is 35.2. The highest BCUT2D eigenvalue weighted by molar-refractivity contribution is 6.05. The number of fused-ring (bicyclic) bond motifs is 2. The minimum absolute atomic E-state index is 0.0344. The largest absolute Gasteiger partial charge is 0.369 e. The second-order valence-electron chi connectivity index (χ2n) is 14.2. The van der Waals surface area contributed by atoms with Gasteiger partial charge in [0.25, 0.3) is 11.8 Å². The summed E-state index contributed by atoms with van der Waals surface area (Å²) in [6.45, 7) is 4.52. The van der Waals surface area contributed by atoms with E-state index >= 15 is 0 Å². The van der Waals surface area contributed by atoms with E-state index in [9.17, 15) is 19.2 Å². The summed E-state index contributed by atoms with van der Waals surface area (Å²) in [5, 5.41) is 6.47. The lowest BCUT2D eigenvalue weighted by atomic mass is 10.0. The number of aromatic nitrogens is 4. The van der Waals surface area contributed by atoms with E-state index in [0.29, 0.717) is 36.0 Å². The monoisotopic (exact) mass is 690 g/mol. The minimum atomic E-state index is -0.611. The lowest BCUT2D eigenvalue weighted by molar-refractivity contribution is -0.136. The van der Waals surface area contributed by atoms with Crippen LogP contribution in [0.4, 0.5) is 17.5 Å². The number of carbonyl (C=O) groups excluding carboxylic acids is 4. The molecule has 3 aliphatic heterocycles. The highest BCUT2D eigenvalue weighted by Crippen LogP contribution is 2.35. The van der Waals surface area contributed by atoms with Crippen LogP contribution < -0.4 is 15.5 Å². The Balaban J connectivity index is 0.879. The number of imide groups is 1. The molecule has 2 saturated heterocycles. The van der Waals surface area contributed by atoms with E-state index in [0.717, 1.165) is 86.3 Å². The Morgan fingerprint density at radius 2 is 1.76 bits per heavy atom. The number of anilines is 3. The second kappa shape index (κ2) is 13.4. The van der Waals surface area contributed by atoms with Gasteiger partial charge in [0.1, 0.15) is 23.2 Å². The highest BCUT2D eigenvalue weighted by Gasteiger charge is 2.39. The maximum absolute atomic E-state index is 13.3. The van der Waals surface area contributed by atoms with Crippen LogP contribution in [0.3, 0.4) is 0 Å². The van der Waals surface area contributed by atoms with Crippen molar-refractivity contribution in [1.29, 1.82) is 0 Å². The minimum Gasteiger partial charge on any atom is -0.369 e. The Morgan fingerprint density at radius 1 is 0.961 bits per heavy atom. The van der Waals surface area contributed by atoms with Gasteiger partial charge in [-0.15, -0.1) is 0 Å². The molecule has 51 heavy (non-hydrogen) atoms. The summed E-state index contributed by atoms with van der Waals surface area (Å²) < 4.78 is 2.11. The summed E-state index contributed by atoms with van der Waals surface area (Å²) in [5.41, 5.74) is 5.06. The first-order chi connectivity index (χ1) is 24.7. The van der Waals surface area contributed by atoms with Crippen molar-refractivity contribution < 1.29 is 19.2 Å². The Bertz CT molecular complexity index is 2010. The first kappa shape index (κ1) is 32.8. The Kier molecular flexibility index (Phi) is 8.62. The summed E-state index contributed by atoms with van der Waals surface area (Å²) in [4.78, 5) is 72.3. The molecule has 0 radical (unpaired) electrons. The summed E-state index contributed by atoms with van der Waals surface area (Å²) in [6.07, 6.45) is 8.61. The standard InChI is InChI=1S/C37H42N10O4/c1-43(2)36(51)30-17-25-20-39-37(42-33(25)47(30)26-5-3-4-6-26)40-31-11-7-23(19-38-31)21-44-13-15-45(16-14-44)27-9-8-24-22-46(35(50)28(24)18-27)29-10-12-32(48)41-34(29)49/h7-9,11,17-20,26,29H,3-6,10,12-16,21-22H2,1-2H3,(H,41,48,49)(H,38,39,40,42)/t29-/m0/s1. The molecule has 4 aromatic rings. The quantitative estimate of drug-likeness (QED) is 0.263. The lowest BCUT2D eigenvalue weighted by Gasteiger charge is -2.36. The molecule has 3 aromatic heterocycles. The van der Waals surface area contributed by atoms with Gasteiger partial charge >= 0.3 is 0 Å². The van der Waals surface area contributed by atoms with Crippen molar-refractivity contribution in [3.05, 3.63) is 71.2 Å². The normalized spacial score (nSPS) is 19.9. The molecule has 4 aliphatic rings. The fourth-order valence-electron chi connectivity index (χ4n) is 7.86. The smallest absolute Gasteiger partial charge is 0.270 e. The molecular weight excluding hydrogens is 648 g/mol. The van der Waals surface area contributed by atoms with Crippen LogP contribution in [0.1, 0.15) is 76.5 Å². The van der Waals surface area contributed by atoms with Gasteiger partial charge in [-0.05, 0) is 54.7 Å². The third kappa shape index (κ3) is 6.39. The molecule has 8 rings (SSSR count). The number of amides is 4. The van der Waals surface area contributed by atoms with Gasteiger partial charge in [0.05, 0.1) is 0 Å². The molecule has 2 N–H and O–H groups in total. The van der Waals surface area contributed by atoms with Crippen molar-refractivity contribution in [3.8, 4) is 0 Å². The highest BCUT2D eigenvalue weighted by atomic mass is 16.2. The Morgan fingerprint density at radius 3 is 2.49 bits per heavy atom. The third-order valence-electron chi connectivity index (χ3n) is 10.6. The number of carbonyl (C=O) groups is 4. The van der Waals surface area contributed by atoms with Crippen molar-refractivity contribution in [2.75, 3.05) is 50.5 Å². The maximum Gasteiger partial charge on any atom is 0.270 e. The van der Waals surface area contributed by atoms with Crippen LogP contribution in [-0.2, 0) is 22.7 Å². The Labute approximate surface area is 295 Å². The van der Waals surface area contributed by atoms with E-state index in [1.807, 2.05) is 30.5 Å². The van der Waals surface area contributed by atoms with Gasteiger partial charge in [-0.2, -0.15) is 4.98 Å². The first-order valence-electron chi connectivity index (χ1n) is 17.8. The number of nitrogens with zero attached hydrogens (tertiary/aromatic N) is 8. The fourth-order valence-corrected chi connectivity index (χ4v) is 7.86. The summed E-state index contributed by atoms with van der Waals surface area (Å²) in [5.74, 6) is 0.225. The van der Waals surface area contributed by atoms with Gasteiger partial charge in [-0.1, -0.05) is 25.0 Å². The van der Waals surface area contributed by atoms with Gasteiger partial charge in [0.15, 0.2) is 0 Å². The number of pyridine rings is 1. The fraction of sp³-hybridized carbons (Fsp3) is 0.432. The molecule has 3 fully saturated rings. The molecule has 1 aliphatic carbocycles. The molecule has 1 aromatic carbocycles. The average molecular weight is 691 g/mol. The van der Waals surface area contributed by atoms with Crippen molar-refractivity contribution in [3.63, 3.8) is 0 Å². The topological polar surface area (TPSA) is 149 Å². The number of piperazine rings is 1. The first-order valence-corrected chi connectivity index (χ1v) is 17.8. The second-order valence-corrected chi connectivity index (χ2v) is 14.2. The molecule has 14 nitrogen and oxygen atoms in total. The molecule has 4 amide bonds. The van der Waals surface area contributed by atoms with E-state index in [2.05, 4.69) is 47.1 Å². The molecule has 1 atom stereocenters. The van der Waals surface area contributed by atoms with Gasteiger partial charge in [0.2, 0.25) is 17.8 Å².